The number of thioether (sulfide) groups is 1. The molecule has 0 unspecified atom stereocenters. The van der Waals surface area contributed by atoms with Crippen LogP contribution in [-0.4, -0.2) is 19.3 Å². The molecule has 1 atom stereocenters. The zero-order chi connectivity index (χ0) is 21.0. The molecule has 0 spiro atoms. The van der Waals surface area contributed by atoms with Crippen LogP contribution in [0.15, 0.2) is 76.2 Å². The van der Waals surface area contributed by atoms with E-state index in [9.17, 15) is 10.1 Å². The lowest BCUT2D eigenvalue weighted by Gasteiger charge is -2.28. The zero-order valence-corrected chi connectivity index (χ0v) is 17.2. The second-order valence-corrected chi connectivity index (χ2v) is 7.20. The largest absolute Gasteiger partial charge is 0.496 e. The van der Waals surface area contributed by atoms with Gasteiger partial charge in [0.15, 0.2) is 0 Å². The van der Waals surface area contributed by atoms with Gasteiger partial charge in [0, 0.05) is 16.1 Å². The molecule has 1 heterocycles. The quantitative estimate of drug-likeness (QED) is 0.723. The Balaban J connectivity index is 2.05. The standard InChI is InChI=1S/C22H21N3O3S/c1-13-19(22(26)25-14-8-10-15(29-3)11-9-14)20(17(12-23)21(24)28-13)16-6-4-5-7-18(16)27-2/h4-11,20H,24H2,1-3H3,(H,25,26)/t20-/m0/s1. The van der Waals surface area contributed by atoms with Crippen molar-refractivity contribution in [2.45, 2.75) is 17.7 Å². The molecule has 6 nitrogen and oxygen atoms in total. The summed E-state index contributed by atoms with van der Waals surface area (Å²) < 4.78 is 11.0. The maximum absolute atomic E-state index is 13.2. The van der Waals surface area contributed by atoms with Gasteiger partial charge in [0.1, 0.15) is 23.2 Å². The van der Waals surface area contributed by atoms with E-state index in [1.54, 1.807) is 31.9 Å². The summed E-state index contributed by atoms with van der Waals surface area (Å²) in [4.78, 5) is 14.3. The number of ether oxygens (including phenoxy) is 2. The van der Waals surface area contributed by atoms with Gasteiger partial charge in [-0.05, 0) is 43.5 Å². The van der Waals surface area contributed by atoms with Gasteiger partial charge in [-0.25, -0.2) is 0 Å². The monoisotopic (exact) mass is 407 g/mol. The Hall–Kier alpha value is -3.37. The van der Waals surface area contributed by atoms with E-state index in [2.05, 4.69) is 11.4 Å². The van der Waals surface area contributed by atoms with Crippen molar-refractivity contribution in [3.63, 3.8) is 0 Å². The average Bonchev–Trinajstić information content (AvgIpc) is 2.73. The molecule has 0 saturated carbocycles. The fourth-order valence-corrected chi connectivity index (χ4v) is 3.67. The molecular weight excluding hydrogens is 386 g/mol. The molecule has 0 radical (unpaired) electrons. The predicted molar refractivity (Wildman–Crippen MR) is 113 cm³/mol. The van der Waals surface area contributed by atoms with E-state index in [0.717, 1.165) is 4.90 Å². The summed E-state index contributed by atoms with van der Waals surface area (Å²) in [6.45, 7) is 1.66. The molecule has 0 saturated heterocycles. The maximum Gasteiger partial charge on any atom is 0.255 e. The van der Waals surface area contributed by atoms with Crippen LogP contribution in [0.1, 0.15) is 18.4 Å². The van der Waals surface area contributed by atoms with Crippen molar-refractivity contribution < 1.29 is 14.3 Å². The third-order valence-electron chi connectivity index (χ3n) is 4.65. The molecule has 0 bridgehead atoms. The summed E-state index contributed by atoms with van der Waals surface area (Å²) >= 11 is 1.62. The van der Waals surface area contributed by atoms with Gasteiger partial charge in [0.05, 0.1) is 18.6 Å². The van der Waals surface area contributed by atoms with Gasteiger partial charge in [0.25, 0.3) is 5.91 Å². The van der Waals surface area contributed by atoms with Crippen molar-refractivity contribution in [2.24, 2.45) is 5.73 Å². The molecule has 1 aliphatic rings. The van der Waals surface area contributed by atoms with Crippen molar-refractivity contribution in [1.82, 2.24) is 0 Å². The minimum Gasteiger partial charge on any atom is -0.496 e. The van der Waals surface area contributed by atoms with Crippen LogP contribution in [0.25, 0.3) is 0 Å². The first-order chi connectivity index (χ1) is 14.0. The fraction of sp³-hybridized carbons (Fsp3) is 0.182. The summed E-state index contributed by atoms with van der Waals surface area (Å²) in [5, 5.41) is 12.6. The van der Waals surface area contributed by atoms with Crippen molar-refractivity contribution in [2.75, 3.05) is 18.7 Å². The number of nitrogens with two attached hydrogens (primary N) is 1. The number of rotatable bonds is 5. The van der Waals surface area contributed by atoms with Crippen LogP contribution in [0.4, 0.5) is 5.69 Å². The number of benzene rings is 2. The number of nitrogens with zero attached hydrogens (tertiary/aromatic N) is 1. The lowest BCUT2D eigenvalue weighted by atomic mass is 9.82. The molecule has 148 valence electrons. The SMILES string of the molecule is COc1ccccc1[C@H]1C(C#N)=C(N)OC(C)=C1C(=O)Nc1ccc(SC)cc1. The van der Waals surface area contributed by atoms with Crippen LogP contribution >= 0.6 is 11.8 Å². The van der Waals surface area contributed by atoms with Gasteiger partial charge >= 0.3 is 0 Å². The van der Waals surface area contributed by atoms with Crippen LogP contribution in [0.3, 0.4) is 0 Å². The molecule has 1 amide bonds. The lowest BCUT2D eigenvalue weighted by Crippen LogP contribution is -2.28. The fourth-order valence-electron chi connectivity index (χ4n) is 3.26. The Morgan fingerprint density at radius 3 is 2.55 bits per heavy atom. The molecule has 0 aromatic heterocycles. The van der Waals surface area contributed by atoms with Crippen molar-refractivity contribution >= 4 is 23.4 Å². The van der Waals surface area contributed by atoms with E-state index < -0.39 is 5.92 Å². The minimum atomic E-state index is -0.699. The molecule has 0 fully saturated rings. The molecule has 7 heteroatoms. The highest BCUT2D eigenvalue weighted by atomic mass is 32.2. The number of carbonyl (C=O) groups is 1. The molecule has 2 aromatic rings. The predicted octanol–water partition coefficient (Wildman–Crippen LogP) is 4.14. The molecule has 2 aromatic carbocycles. The molecule has 3 rings (SSSR count). The Morgan fingerprint density at radius 2 is 1.93 bits per heavy atom. The number of carbonyl (C=O) groups excluding carboxylic acids is 1. The zero-order valence-electron chi connectivity index (χ0n) is 16.4. The van der Waals surface area contributed by atoms with Crippen LogP contribution in [0.2, 0.25) is 0 Å². The molecule has 1 aliphatic heterocycles. The van der Waals surface area contributed by atoms with E-state index in [-0.39, 0.29) is 17.4 Å². The smallest absolute Gasteiger partial charge is 0.255 e. The highest BCUT2D eigenvalue weighted by Gasteiger charge is 2.36. The highest BCUT2D eigenvalue weighted by Crippen LogP contribution is 2.42. The third kappa shape index (κ3) is 4.08. The normalized spacial score (nSPS) is 16.1. The first-order valence-electron chi connectivity index (χ1n) is 8.86. The van der Waals surface area contributed by atoms with E-state index in [1.807, 2.05) is 48.7 Å². The summed E-state index contributed by atoms with van der Waals surface area (Å²) in [5.41, 5.74) is 7.77. The molecule has 29 heavy (non-hydrogen) atoms. The number of hydrogen-bond donors (Lipinski definition) is 2. The Bertz CT molecular complexity index is 1040. The number of para-hydroxylation sites is 1. The van der Waals surface area contributed by atoms with E-state index in [1.165, 1.54) is 0 Å². The Kier molecular flexibility index (Phi) is 6.15. The number of nitrogens with one attached hydrogen (secondary N) is 1. The second-order valence-electron chi connectivity index (χ2n) is 6.32. The summed E-state index contributed by atoms with van der Waals surface area (Å²) in [6, 6.07) is 16.8. The Labute approximate surface area is 174 Å². The van der Waals surface area contributed by atoms with Crippen LogP contribution in [-0.2, 0) is 9.53 Å². The first-order valence-corrected chi connectivity index (χ1v) is 10.1. The van der Waals surface area contributed by atoms with E-state index in [0.29, 0.717) is 28.3 Å². The first kappa shape index (κ1) is 20.4. The summed E-state index contributed by atoms with van der Waals surface area (Å²) in [6.07, 6.45) is 1.99. The Morgan fingerprint density at radius 1 is 1.24 bits per heavy atom. The topological polar surface area (TPSA) is 97.4 Å². The molecule has 0 aliphatic carbocycles. The lowest BCUT2D eigenvalue weighted by molar-refractivity contribution is -0.113. The van der Waals surface area contributed by atoms with Gasteiger partial charge in [-0.2, -0.15) is 5.26 Å². The van der Waals surface area contributed by atoms with Crippen molar-refractivity contribution in [3.05, 3.63) is 76.9 Å². The number of methoxy groups -OCH3 is 1. The number of allylic oxidation sites excluding steroid dienone is 2. The number of hydrogen-bond acceptors (Lipinski definition) is 6. The number of nitriles is 1. The van der Waals surface area contributed by atoms with Crippen molar-refractivity contribution in [3.8, 4) is 11.8 Å². The van der Waals surface area contributed by atoms with Gasteiger partial charge in [-0.3, -0.25) is 4.79 Å². The highest BCUT2D eigenvalue weighted by molar-refractivity contribution is 7.98. The maximum atomic E-state index is 13.2. The third-order valence-corrected chi connectivity index (χ3v) is 5.39. The van der Waals surface area contributed by atoms with Gasteiger partial charge in [-0.15, -0.1) is 11.8 Å². The van der Waals surface area contributed by atoms with Gasteiger partial charge in [0.2, 0.25) is 5.88 Å². The van der Waals surface area contributed by atoms with Crippen LogP contribution < -0.4 is 15.8 Å². The van der Waals surface area contributed by atoms with Crippen molar-refractivity contribution in [1.29, 1.82) is 5.26 Å². The van der Waals surface area contributed by atoms with Crippen LogP contribution in [0.5, 0.6) is 5.75 Å². The second kappa shape index (κ2) is 8.76. The molecular formula is C22H21N3O3S. The number of amides is 1. The van der Waals surface area contributed by atoms with Crippen LogP contribution in [0, 0.1) is 11.3 Å². The van der Waals surface area contributed by atoms with E-state index >= 15 is 0 Å². The average molecular weight is 407 g/mol. The van der Waals surface area contributed by atoms with Gasteiger partial charge in [-0.1, -0.05) is 18.2 Å². The minimum absolute atomic E-state index is 0.0122. The van der Waals surface area contributed by atoms with E-state index in [4.69, 9.17) is 15.2 Å². The summed E-state index contributed by atoms with van der Waals surface area (Å²) in [7, 11) is 1.54. The number of anilines is 1. The molecule has 3 N–H and O–H groups in total. The van der Waals surface area contributed by atoms with Gasteiger partial charge < -0.3 is 20.5 Å². The summed E-state index contributed by atoms with van der Waals surface area (Å²) in [5.74, 6) is -0.175.